The van der Waals surface area contributed by atoms with Crippen molar-refractivity contribution in [3.8, 4) is 11.5 Å². The van der Waals surface area contributed by atoms with Crippen LogP contribution in [0.25, 0.3) is 11.0 Å². The van der Waals surface area contributed by atoms with Crippen molar-refractivity contribution in [2.24, 2.45) is 0 Å². The van der Waals surface area contributed by atoms with Crippen LogP contribution in [0.2, 0.25) is 0 Å². The number of methoxy groups -OCH3 is 2. The minimum atomic E-state index is -0.605. The number of amides is 1. The van der Waals surface area contributed by atoms with Crippen LogP contribution in [0, 0.1) is 0 Å². The maximum Gasteiger partial charge on any atom is 0.284 e. The number of nitrogens with one attached hydrogen (secondary N) is 1. The summed E-state index contributed by atoms with van der Waals surface area (Å²) in [7, 11) is 2.98. The number of fused-ring (bicyclic) bond motifs is 1. The zero-order valence-corrected chi connectivity index (χ0v) is 17.3. The summed E-state index contributed by atoms with van der Waals surface area (Å²) in [6.45, 7) is 0. The highest BCUT2D eigenvalue weighted by molar-refractivity contribution is 7.14. The van der Waals surface area contributed by atoms with Crippen LogP contribution in [0.3, 0.4) is 0 Å². The van der Waals surface area contributed by atoms with Crippen molar-refractivity contribution in [1.82, 2.24) is 14.5 Å². The number of anilines is 1. The maximum atomic E-state index is 12.9. The zero-order chi connectivity index (χ0) is 22.0. The number of ether oxygens (including phenoxy) is 2. The topological polar surface area (TPSA) is 112 Å². The summed E-state index contributed by atoms with van der Waals surface area (Å²) in [5.74, 6) is -0.127. The van der Waals surface area contributed by atoms with Gasteiger partial charge in [-0.3, -0.25) is 19.7 Å². The van der Waals surface area contributed by atoms with E-state index < -0.39 is 17.4 Å². The van der Waals surface area contributed by atoms with Crippen LogP contribution in [0.5, 0.6) is 11.5 Å². The van der Waals surface area contributed by atoms with Gasteiger partial charge in [0, 0.05) is 10.9 Å². The molecule has 1 N–H and O–H groups in total. The molecule has 2 aromatic heterocycles. The van der Waals surface area contributed by atoms with E-state index in [-0.39, 0.29) is 10.8 Å². The first-order valence-electron chi connectivity index (χ1n) is 9.02. The Labute approximate surface area is 179 Å². The number of para-hydroxylation sites is 2. The van der Waals surface area contributed by atoms with Crippen molar-refractivity contribution < 1.29 is 19.1 Å². The molecule has 0 spiro atoms. The fraction of sp³-hybridized carbons (Fsp3) is 0.0952. The number of benzene rings is 2. The van der Waals surface area contributed by atoms with Gasteiger partial charge in [-0.1, -0.05) is 12.1 Å². The minimum absolute atomic E-state index is 0.0334. The lowest BCUT2D eigenvalue weighted by Gasteiger charge is -2.09. The molecule has 0 aliphatic heterocycles. The monoisotopic (exact) mass is 436 g/mol. The summed E-state index contributed by atoms with van der Waals surface area (Å²) in [6, 6.07) is 11.5. The van der Waals surface area contributed by atoms with Gasteiger partial charge in [0.2, 0.25) is 0 Å². The fourth-order valence-electron chi connectivity index (χ4n) is 2.96. The van der Waals surface area contributed by atoms with E-state index in [1.165, 1.54) is 25.7 Å². The first kappa shape index (κ1) is 20.2. The Kier molecular flexibility index (Phi) is 5.46. The molecule has 9 nitrogen and oxygen atoms in total. The second-order valence-electron chi connectivity index (χ2n) is 6.29. The van der Waals surface area contributed by atoms with Crippen molar-refractivity contribution in [3.63, 3.8) is 0 Å². The number of carbonyl (C=O) groups excluding carboxylic acids is 2. The molecule has 10 heteroatoms. The van der Waals surface area contributed by atoms with E-state index in [1.807, 2.05) is 0 Å². The smallest absolute Gasteiger partial charge is 0.284 e. The molecule has 2 aromatic carbocycles. The van der Waals surface area contributed by atoms with Gasteiger partial charge in [-0.2, -0.15) is 0 Å². The first-order chi connectivity index (χ1) is 15.0. The molecule has 4 rings (SSSR count). The maximum absolute atomic E-state index is 12.9. The molecule has 0 bridgehead atoms. The molecule has 4 aromatic rings. The largest absolute Gasteiger partial charge is 0.493 e. The minimum Gasteiger partial charge on any atom is -0.493 e. The predicted octanol–water partition coefficient (Wildman–Crippen LogP) is 2.81. The Morgan fingerprint density at radius 2 is 1.84 bits per heavy atom. The van der Waals surface area contributed by atoms with Crippen LogP contribution in [-0.2, 0) is 0 Å². The third-order valence-corrected chi connectivity index (χ3v) is 5.21. The summed E-state index contributed by atoms with van der Waals surface area (Å²) < 4.78 is 11.4. The van der Waals surface area contributed by atoms with Gasteiger partial charge in [-0.15, -0.1) is 11.3 Å². The van der Waals surface area contributed by atoms with Crippen molar-refractivity contribution in [2.75, 3.05) is 19.5 Å². The lowest BCUT2D eigenvalue weighted by molar-refractivity contribution is 0.0955. The van der Waals surface area contributed by atoms with E-state index in [0.29, 0.717) is 28.1 Å². The molecule has 0 saturated carbocycles. The number of thiazole rings is 1. The van der Waals surface area contributed by atoms with Gasteiger partial charge in [0.15, 0.2) is 16.6 Å². The Balaban J connectivity index is 1.59. The van der Waals surface area contributed by atoms with Gasteiger partial charge in [-0.05, 0) is 30.3 Å². The molecular formula is C21H16N4O5S. The van der Waals surface area contributed by atoms with Gasteiger partial charge in [0.05, 0.1) is 31.4 Å². The van der Waals surface area contributed by atoms with E-state index in [1.54, 1.807) is 36.4 Å². The Bertz CT molecular complexity index is 1360. The normalized spacial score (nSPS) is 10.6. The number of hydrogen-bond donors (Lipinski definition) is 1. The number of rotatable bonds is 5. The molecule has 1 amide bonds. The van der Waals surface area contributed by atoms with Crippen molar-refractivity contribution in [2.45, 2.75) is 0 Å². The Morgan fingerprint density at radius 1 is 1.06 bits per heavy atom. The van der Waals surface area contributed by atoms with Crippen LogP contribution in [0.1, 0.15) is 20.8 Å². The van der Waals surface area contributed by atoms with E-state index in [4.69, 9.17) is 9.47 Å². The van der Waals surface area contributed by atoms with Crippen molar-refractivity contribution >= 4 is 39.3 Å². The highest BCUT2D eigenvalue weighted by atomic mass is 32.1. The SMILES string of the molecule is COc1ccc(C(=O)Nc2nc(C(=O)n3c(=O)cnc4ccccc43)cs2)cc1OC. The molecule has 0 unspecified atom stereocenters. The summed E-state index contributed by atoms with van der Waals surface area (Å²) in [5, 5.41) is 4.34. The lowest BCUT2D eigenvalue weighted by atomic mass is 10.2. The number of aromatic nitrogens is 3. The molecule has 0 aliphatic carbocycles. The highest BCUT2D eigenvalue weighted by Gasteiger charge is 2.19. The molecule has 0 aliphatic rings. The number of hydrogen-bond acceptors (Lipinski definition) is 8. The summed E-state index contributed by atoms with van der Waals surface area (Å²) in [4.78, 5) is 46.0. The average molecular weight is 436 g/mol. The Morgan fingerprint density at radius 3 is 2.61 bits per heavy atom. The standard InChI is InChI=1S/C21H16N4O5S/c1-29-16-8-7-12(9-17(16)30-2)19(27)24-21-23-14(11-31-21)20(28)25-15-6-4-3-5-13(15)22-10-18(25)26/h3-11H,1-2H3,(H,23,24,27). The molecule has 0 saturated heterocycles. The zero-order valence-electron chi connectivity index (χ0n) is 16.5. The number of carbonyl (C=O) groups is 2. The van der Waals surface area contributed by atoms with Gasteiger partial charge in [0.25, 0.3) is 17.4 Å². The highest BCUT2D eigenvalue weighted by Crippen LogP contribution is 2.28. The van der Waals surface area contributed by atoms with Crippen LogP contribution in [0.15, 0.2) is 58.8 Å². The summed E-state index contributed by atoms with van der Waals surface area (Å²) in [6.07, 6.45) is 1.09. The third kappa shape index (κ3) is 3.88. The van der Waals surface area contributed by atoms with Crippen LogP contribution in [-0.4, -0.2) is 40.6 Å². The molecule has 2 heterocycles. The van der Waals surface area contributed by atoms with Crippen LogP contribution >= 0.6 is 11.3 Å². The van der Waals surface area contributed by atoms with E-state index >= 15 is 0 Å². The molecule has 0 atom stereocenters. The van der Waals surface area contributed by atoms with Crippen molar-refractivity contribution in [3.05, 3.63) is 75.7 Å². The molecule has 31 heavy (non-hydrogen) atoms. The molecule has 0 fully saturated rings. The lowest BCUT2D eigenvalue weighted by Crippen LogP contribution is -2.28. The van der Waals surface area contributed by atoms with Gasteiger partial charge >= 0.3 is 0 Å². The number of nitrogens with zero attached hydrogens (tertiary/aromatic N) is 3. The first-order valence-corrected chi connectivity index (χ1v) is 9.90. The van der Waals surface area contributed by atoms with E-state index in [0.717, 1.165) is 22.1 Å². The average Bonchev–Trinajstić information content (AvgIpc) is 3.26. The third-order valence-electron chi connectivity index (χ3n) is 4.45. The van der Waals surface area contributed by atoms with E-state index in [2.05, 4.69) is 15.3 Å². The summed E-state index contributed by atoms with van der Waals surface area (Å²) >= 11 is 1.07. The molecule has 0 radical (unpaired) electrons. The summed E-state index contributed by atoms with van der Waals surface area (Å²) in [5.41, 5.74) is 0.687. The quantitative estimate of drug-likeness (QED) is 0.512. The van der Waals surface area contributed by atoms with Crippen molar-refractivity contribution in [1.29, 1.82) is 0 Å². The molecular weight excluding hydrogens is 420 g/mol. The van der Waals surface area contributed by atoms with Gasteiger partial charge < -0.3 is 9.47 Å². The van der Waals surface area contributed by atoms with Crippen LogP contribution < -0.4 is 20.3 Å². The fourth-order valence-corrected chi connectivity index (χ4v) is 3.64. The second-order valence-corrected chi connectivity index (χ2v) is 7.15. The Hall–Kier alpha value is -4.05. The van der Waals surface area contributed by atoms with E-state index in [9.17, 15) is 14.4 Å². The predicted molar refractivity (Wildman–Crippen MR) is 115 cm³/mol. The molecule has 156 valence electrons. The van der Waals surface area contributed by atoms with Crippen LogP contribution in [0.4, 0.5) is 5.13 Å². The van der Waals surface area contributed by atoms with Gasteiger partial charge in [0.1, 0.15) is 5.69 Å². The second kappa shape index (κ2) is 8.36. The van der Waals surface area contributed by atoms with Gasteiger partial charge in [-0.25, -0.2) is 14.5 Å².